The summed E-state index contributed by atoms with van der Waals surface area (Å²) >= 11 is 6.79. The van der Waals surface area contributed by atoms with Crippen molar-refractivity contribution in [2.75, 3.05) is 20.1 Å². The monoisotopic (exact) mass is 533 g/mol. The summed E-state index contributed by atoms with van der Waals surface area (Å²) < 4.78 is 0. The smallest absolute Gasteiger partial charge is 0.253 e. The van der Waals surface area contributed by atoms with E-state index in [-0.39, 0.29) is 11.8 Å². The van der Waals surface area contributed by atoms with E-state index in [2.05, 4.69) is 48.4 Å². The fourth-order valence-electron chi connectivity index (χ4n) is 5.87. The normalized spacial score (nSPS) is 17.3. The molecule has 2 atom stereocenters. The van der Waals surface area contributed by atoms with Crippen molar-refractivity contribution in [2.24, 2.45) is 5.92 Å². The largest absolute Gasteiger partial charge is 0.385 e. The van der Waals surface area contributed by atoms with E-state index >= 15 is 0 Å². The predicted octanol–water partition coefficient (Wildman–Crippen LogP) is 6.61. The fraction of sp³-hybridized carbons (Fsp3) is 0.438. The number of carbonyl (C=O) groups is 1. The predicted molar refractivity (Wildman–Crippen MR) is 155 cm³/mol. The van der Waals surface area contributed by atoms with Crippen LogP contribution in [0.1, 0.15) is 73.0 Å². The Morgan fingerprint density at radius 2 is 1.92 bits per heavy atom. The van der Waals surface area contributed by atoms with Gasteiger partial charge in [-0.3, -0.25) is 9.78 Å². The third-order valence-corrected chi connectivity index (χ3v) is 8.00. The van der Waals surface area contributed by atoms with E-state index in [4.69, 9.17) is 11.6 Å². The molecule has 1 fully saturated rings. The van der Waals surface area contributed by atoms with Crippen molar-refractivity contribution in [3.63, 3.8) is 0 Å². The average molecular weight is 534 g/mol. The second kappa shape index (κ2) is 12.9. The molecule has 4 rings (SSSR count). The summed E-state index contributed by atoms with van der Waals surface area (Å²) in [4.78, 5) is 19.8. The Balaban J connectivity index is 1.67. The number of hydrogen-bond acceptors (Lipinski definition) is 4. The number of likely N-dealkylation sites (tertiary alicyclic amines) is 1. The lowest BCUT2D eigenvalue weighted by molar-refractivity contribution is -0.0558. The van der Waals surface area contributed by atoms with Crippen molar-refractivity contribution < 1.29 is 9.90 Å². The maximum atomic E-state index is 13.5. The standard InChI is InChI=1S/C32H40ClN3O2/c1-4-8-23-9-6-10-26(18-23)30-28(20-35-21-29(30)33)32(38,16-5-2)27-11-7-17-36(22-27)31(37)25-14-12-24(13-15-25)19-34-3/h6,9-10,12-15,18,20-21,27,34,38H,4-5,7-8,11,16-17,19,22H2,1-3H3. The highest BCUT2D eigenvalue weighted by molar-refractivity contribution is 6.33. The fourth-order valence-corrected chi connectivity index (χ4v) is 6.14. The minimum Gasteiger partial charge on any atom is -0.385 e. The van der Waals surface area contributed by atoms with Crippen LogP contribution in [0.3, 0.4) is 0 Å². The molecule has 1 aliphatic heterocycles. The molecule has 202 valence electrons. The van der Waals surface area contributed by atoms with Gasteiger partial charge in [-0.25, -0.2) is 0 Å². The molecule has 38 heavy (non-hydrogen) atoms. The third kappa shape index (κ3) is 6.12. The van der Waals surface area contributed by atoms with Gasteiger partial charge >= 0.3 is 0 Å². The maximum absolute atomic E-state index is 13.5. The number of aryl methyl sites for hydroxylation is 1. The number of piperidine rings is 1. The molecule has 2 unspecified atom stereocenters. The van der Waals surface area contributed by atoms with Crippen molar-refractivity contribution >= 4 is 17.5 Å². The highest BCUT2D eigenvalue weighted by atomic mass is 35.5. The Hall–Kier alpha value is -2.73. The SMILES string of the molecule is CCCc1cccc(-c2c(Cl)cncc2C(O)(CCC)C2CCCN(C(=O)c3ccc(CNC)cc3)C2)c1. The van der Waals surface area contributed by atoms with Crippen LogP contribution in [0, 0.1) is 5.92 Å². The van der Waals surface area contributed by atoms with Crippen molar-refractivity contribution in [3.8, 4) is 11.1 Å². The van der Waals surface area contributed by atoms with Crippen LogP contribution in [0.5, 0.6) is 0 Å². The quantitative estimate of drug-likeness (QED) is 0.307. The number of nitrogens with zero attached hydrogens (tertiary/aromatic N) is 2. The first kappa shape index (κ1) is 28.3. The van der Waals surface area contributed by atoms with Crippen LogP contribution in [-0.2, 0) is 18.6 Å². The number of nitrogens with one attached hydrogen (secondary N) is 1. The molecule has 0 radical (unpaired) electrons. The van der Waals surface area contributed by atoms with E-state index in [0.717, 1.165) is 60.9 Å². The summed E-state index contributed by atoms with van der Waals surface area (Å²) in [7, 11) is 1.91. The molecule has 1 aliphatic rings. The molecule has 2 heterocycles. The number of halogens is 1. The molecule has 6 heteroatoms. The van der Waals surface area contributed by atoms with Crippen LogP contribution in [0.4, 0.5) is 0 Å². The summed E-state index contributed by atoms with van der Waals surface area (Å²) in [6.07, 6.45) is 8.54. The zero-order valence-corrected chi connectivity index (χ0v) is 23.6. The first-order valence-corrected chi connectivity index (χ1v) is 14.3. The molecule has 0 aliphatic carbocycles. The molecule has 5 nitrogen and oxygen atoms in total. The number of aliphatic hydroxyl groups is 1. The molecule has 0 saturated carbocycles. The molecule has 1 amide bonds. The second-order valence-corrected chi connectivity index (χ2v) is 10.9. The lowest BCUT2D eigenvalue weighted by atomic mass is 9.72. The Labute approximate surface area is 232 Å². The maximum Gasteiger partial charge on any atom is 0.253 e. The van der Waals surface area contributed by atoms with Gasteiger partial charge in [-0.2, -0.15) is 0 Å². The highest BCUT2D eigenvalue weighted by Crippen LogP contribution is 2.45. The number of rotatable bonds is 10. The van der Waals surface area contributed by atoms with Crippen LogP contribution in [-0.4, -0.2) is 41.0 Å². The van der Waals surface area contributed by atoms with Gasteiger partial charge in [0.25, 0.3) is 5.91 Å². The van der Waals surface area contributed by atoms with E-state index in [0.29, 0.717) is 30.1 Å². The van der Waals surface area contributed by atoms with Gasteiger partial charge < -0.3 is 15.3 Å². The number of aromatic nitrogens is 1. The summed E-state index contributed by atoms with van der Waals surface area (Å²) in [6, 6.07) is 16.2. The number of benzene rings is 2. The van der Waals surface area contributed by atoms with Gasteiger partial charge in [0.05, 0.1) is 10.6 Å². The zero-order chi connectivity index (χ0) is 27.1. The van der Waals surface area contributed by atoms with E-state index in [1.165, 1.54) is 5.56 Å². The van der Waals surface area contributed by atoms with Gasteiger partial charge in [0, 0.05) is 54.6 Å². The number of amides is 1. The molecule has 0 bridgehead atoms. The second-order valence-electron chi connectivity index (χ2n) is 10.5. The number of hydrogen-bond donors (Lipinski definition) is 2. The molecule has 1 saturated heterocycles. The van der Waals surface area contributed by atoms with Crippen LogP contribution in [0.2, 0.25) is 5.02 Å². The van der Waals surface area contributed by atoms with E-state index in [1.807, 2.05) is 36.2 Å². The van der Waals surface area contributed by atoms with Gasteiger partial charge in [0.2, 0.25) is 0 Å². The van der Waals surface area contributed by atoms with E-state index in [1.54, 1.807) is 12.4 Å². The summed E-state index contributed by atoms with van der Waals surface area (Å²) in [5.74, 6) is -0.108. The van der Waals surface area contributed by atoms with Gasteiger partial charge in [0.15, 0.2) is 0 Å². The molecule has 2 N–H and O–H groups in total. The lowest BCUT2D eigenvalue weighted by Crippen LogP contribution is -2.48. The van der Waals surface area contributed by atoms with Gasteiger partial charge in [-0.05, 0) is 61.6 Å². The van der Waals surface area contributed by atoms with E-state index in [9.17, 15) is 9.90 Å². The minimum absolute atomic E-state index is 0.0151. The first-order chi connectivity index (χ1) is 18.4. The topological polar surface area (TPSA) is 65.5 Å². The first-order valence-electron chi connectivity index (χ1n) is 13.9. The Morgan fingerprint density at radius 3 is 2.63 bits per heavy atom. The lowest BCUT2D eigenvalue weighted by Gasteiger charge is -2.43. The van der Waals surface area contributed by atoms with Crippen molar-refractivity contribution in [1.82, 2.24) is 15.2 Å². The summed E-state index contributed by atoms with van der Waals surface area (Å²) in [5.41, 5.74) is 4.52. The van der Waals surface area contributed by atoms with Crippen LogP contribution < -0.4 is 5.32 Å². The molecular weight excluding hydrogens is 494 g/mol. The minimum atomic E-state index is -1.15. The average Bonchev–Trinajstić information content (AvgIpc) is 2.93. The number of carbonyl (C=O) groups excluding carboxylic acids is 1. The van der Waals surface area contributed by atoms with Crippen molar-refractivity contribution in [2.45, 2.75) is 64.5 Å². The highest BCUT2D eigenvalue weighted by Gasteiger charge is 2.43. The summed E-state index contributed by atoms with van der Waals surface area (Å²) in [5, 5.41) is 16.1. The van der Waals surface area contributed by atoms with Gasteiger partial charge in [-0.1, -0.05) is 74.7 Å². The summed E-state index contributed by atoms with van der Waals surface area (Å²) in [6.45, 7) is 6.21. The van der Waals surface area contributed by atoms with Crippen LogP contribution >= 0.6 is 11.6 Å². The van der Waals surface area contributed by atoms with E-state index < -0.39 is 5.60 Å². The van der Waals surface area contributed by atoms with Crippen LogP contribution in [0.25, 0.3) is 11.1 Å². The van der Waals surface area contributed by atoms with Gasteiger partial charge in [0.1, 0.15) is 0 Å². The Bertz CT molecular complexity index is 1230. The molecular formula is C32H40ClN3O2. The van der Waals surface area contributed by atoms with Crippen molar-refractivity contribution in [3.05, 3.63) is 88.2 Å². The zero-order valence-electron chi connectivity index (χ0n) is 22.8. The number of pyridine rings is 1. The molecule has 2 aromatic carbocycles. The Morgan fingerprint density at radius 1 is 1.13 bits per heavy atom. The molecule has 0 spiro atoms. The molecule has 1 aromatic heterocycles. The van der Waals surface area contributed by atoms with Crippen LogP contribution in [0.15, 0.2) is 60.9 Å². The molecule has 3 aromatic rings. The third-order valence-electron chi connectivity index (χ3n) is 7.72. The van der Waals surface area contributed by atoms with Crippen molar-refractivity contribution in [1.29, 1.82) is 0 Å². The Kier molecular flexibility index (Phi) is 9.59. The van der Waals surface area contributed by atoms with Gasteiger partial charge in [-0.15, -0.1) is 0 Å².